The second-order valence-electron chi connectivity index (χ2n) is 6.86. The van der Waals surface area contributed by atoms with Gasteiger partial charge in [0.1, 0.15) is 22.7 Å². The first kappa shape index (κ1) is 21.7. The van der Waals surface area contributed by atoms with Gasteiger partial charge in [0, 0.05) is 25.0 Å². The van der Waals surface area contributed by atoms with Crippen molar-refractivity contribution >= 4 is 34.3 Å². The summed E-state index contributed by atoms with van der Waals surface area (Å²) in [5, 5.41) is 15.4. The molecule has 30 heavy (non-hydrogen) atoms. The Kier molecular flexibility index (Phi) is 7.37. The van der Waals surface area contributed by atoms with Crippen molar-refractivity contribution in [3.8, 4) is 0 Å². The van der Waals surface area contributed by atoms with Crippen LogP contribution < -0.4 is 10.6 Å². The molecule has 0 spiro atoms. The number of nitrogens with one attached hydrogen (secondary N) is 3. The number of hydrogen-bond donors (Lipinski definition) is 4. The van der Waals surface area contributed by atoms with E-state index >= 15 is 0 Å². The van der Waals surface area contributed by atoms with Gasteiger partial charge in [0.25, 0.3) is 5.91 Å². The number of halogens is 2. The Hall–Kier alpha value is -2.97. The fraction of sp³-hybridized carbons (Fsp3) is 0.286. The maximum atomic E-state index is 13.2. The molecule has 4 N–H and O–H groups in total. The number of rotatable bonds is 9. The number of amides is 2. The smallest absolute Gasteiger partial charge is 0.268 e. The van der Waals surface area contributed by atoms with Gasteiger partial charge in [-0.15, -0.1) is 0 Å². The van der Waals surface area contributed by atoms with Gasteiger partial charge in [-0.25, -0.2) is 9.37 Å². The lowest BCUT2D eigenvalue weighted by molar-refractivity contribution is -0.122. The molecule has 7 nitrogen and oxygen atoms in total. The summed E-state index contributed by atoms with van der Waals surface area (Å²) in [5.41, 5.74) is 1.62. The Morgan fingerprint density at radius 3 is 2.70 bits per heavy atom. The SMILES string of the molecule is O=C(N[C@@H](Cc1ccc(F)cc1)C(=O)NCCCCO)c1cc2cc(Cl)ncc2[nH]1. The number of aromatic amines is 1. The third-order valence-electron chi connectivity index (χ3n) is 4.58. The van der Waals surface area contributed by atoms with Crippen molar-refractivity contribution in [3.63, 3.8) is 0 Å². The molecule has 2 aromatic heterocycles. The van der Waals surface area contributed by atoms with Crippen molar-refractivity contribution in [3.05, 3.63) is 64.8 Å². The molecule has 1 aromatic carbocycles. The molecule has 0 aliphatic carbocycles. The molecule has 2 heterocycles. The van der Waals surface area contributed by atoms with E-state index in [2.05, 4.69) is 20.6 Å². The molecule has 0 saturated carbocycles. The lowest BCUT2D eigenvalue weighted by atomic mass is 10.0. The molecule has 9 heteroatoms. The van der Waals surface area contributed by atoms with Crippen LogP contribution in [0.5, 0.6) is 0 Å². The van der Waals surface area contributed by atoms with Gasteiger partial charge in [0.2, 0.25) is 5.91 Å². The zero-order valence-corrected chi connectivity index (χ0v) is 16.9. The van der Waals surface area contributed by atoms with Gasteiger partial charge in [-0.3, -0.25) is 9.59 Å². The van der Waals surface area contributed by atoms with Crippen molar-refractivity contribution in [1.82, 2.24) is 20.6 Å². The van der Waals surface area contributed by atoms with Crippen molar-refractivity contribution in [2.45, 2.75) is 25.3 Å². The van der Waals surface area contributed by atoms with E-state index in [1.807, 2.05) is 0 Å². The molecule has 158 valence electrons. The van der Waals surface area contributed by atoms with Crippen molar-refractivity contribution < 1.29 is 19.1 Å². The van der Waals surface area contributed by atoms with Crippen LogP contribution in [0.2, 0.25) is 5.15 Å². The summed E-state index contributed by atoms with van der Waals surface area (Å²) >= 11 is 5.88. The van der Waals surface area contributed by atoms with E-state index in [0.29, 0.717) is 35.6 Å². The number of fused-ring (bicyclic) bond motifs is 1. The van der Waals surface area contributed by atoms with Crippen LogP contribution in [0.4, 0.5) is 4.39 Å². The molecule has 0 saturated heterocycles. The Labute approximate surface area is 177 Å². The van der Waals surface area contributed by atoms with Gasteiger partial charge in [-0.1, -0.05) is 23.7 Å². The second kappa shape index (κ2) is 10.2. The number of hydrogen-bond acceptors (Lipinski definition) is 4. The number of unbranched alkanes of at least 4 members (excludes halogenated alkanes) is 1. The fourth-order valence-electron chi connectivity index (χ4n) is 3.00. The third-order valence-corrected chi connectivity index (χ3v) is 4.78. The van der Waals surface area contributed by atoms with Gasteiger partial charge >= 0.3 is 0 Å². The standard InChI is InChI=1S/C21H22ClFN4O3/c22-19-11-14-10-17(26-18(14)12-25-19)21(30)27-16(20(29)24-7-1-2-8-28)9-13-3-5-15(23)6-4-13/h3-6,10-12,16,26,28H,1-2,7-9H2,(H,24,29)(H,27,30)/t16-/m0/s1. The number of carbonyl (C=O) groups excluding carboxylic acids is 2. The van der Waals surface area contributed by atoms with Crippen LogP contribution in [0.1, 0.15) is 28.9 Å². The van der Waals surface area contributed by atoms with Crippen molar-refractivity contribution in [2.24, 2.45) is 0 Å². The molecule has 1 atom stereocenters. The summed E-state index contributed by atoms with van der Waals surface area (Å²) in [7, 11) is 0. The molecule has 2 amide bonds. The topological polar surface area (TPSA) is 107 Å². The molecule has 0 radical (unpaired) electrons. The molecule has 0 aliphatic heterocycles. The van der Waals surface area contributed by atoms with Crippen LogP contribution in [0.25, 0.3) is 10.9 Å². The van der Waals surface area contributed by atoms with Crippen molar-refractivity contribution in [2.75, 3.05) is 13.2 Å². The minimum Gasteiger partial charge on any atom is -0.396 e. The van der Waals surface area contributed by atoms with Gasteiger partial charge in [-0.2, -0.15) is 0 Å². The first-order chi connectivity index (χ1) is 14.5. The average Bonchev–Trinajstić information content (AvgIpc) is 3.15. The quantitative estimate of drug-likeness (QED) is 0.308. The van der Waals surface area contributed by atoms with Crippen molar-refractivity contribution in [1.29, 1.82) is 0 Å². The van der Waals surface area contributed by atoms with Gasteiger partial charge < -0.3 is 20.7 Å². The summed E-state index contributed by atoms with van der Waals surface area (Å²) in [5.74, 6) is -1.19. The first-order valence-corrected chi connectivity index (χ1v) is 9.92. The zero-order chi connectivity index (χ0) is 21.5. The lowest BCUT2D eigenvalue weighted by Gasteiger charge is -2.18. The highest BCUT2D eigenvalue weighted by Crippen LogP contribution is 2.18. The number of aliphatic hydroxyl groups is 1. The van der Waals surface area contributed by atoms with Gasteiger partial charge in [0.15, 0.2) is 0 Å². The largest absolute Gasteiger partial charge is 0.396 e. The summed E-state index contributed by atoms with van der Waals surface area (Å²) < 4.78 is 13.2. The number of nitrogens with zero attached hydrogens (tertiary/aromatic N) is 1. The summed E-state index contributed by atoms with van der Waals surface area (Å²) in [6, 6.07) is 8.17. The van der Waals surface area contributed by atoms with Crippen LogP contribution in [-0.2, 0) is 11.2 Å². The number of benzene rings is 1. The number of pyridine rings is 1. The third kappa shape index (κ3) is 5.77. The van der Waals surface area contributed by atoms with Crippen LogP contribution in [0.3, 0.4) is 0 Å². The molecule has 0 aliphatic rings. The average molecular weight is 433 g/mol. The van der Waals surface area contributed by atoms with Crippen LogP contribution >= 0.6 is 11.6 Å². The Balaban J connectivity index is 1.74. The van der Waals surface area contributed by atoms with Gasteiger partial charge in [0.05, 0.1) is 11.7 Å². The molecule has 3 rings (SSSR count). The van der Waals surface area contributed by atoms with Gasteiger partial charge in [-0.05, 0) is 42.7 Å². The molecular weight excluding hydrogens is 411 g/mol. The number of carbonyl (C=O) groups is 2. The lowest BCUT2D eigenvalue weighted by Crippen LogP contribution is -2.48. The van der Waals surface area contributed by atoms with Crippen LogP contribution in [0, 0.1) is 5.82 Å². The Morgan fingerprint density at radius 1 is 1.20 bits per heavy atom. The highest BCUT2D eigenvalue weighted by Gasteiger charge is 2.22. The van der Waals surface area contributed by atoms with E-state index < -0.39 is 11.9 Å². The summed E-state index contributed by atoms with van der Waals surface area (Å²) in [4.78, 5) is 32.4. The van der Waals surface area contributed by atoms with E-state index in [4.69, 9.17) is 16.7 Å². The van der Waals surface area contributed by atoms with E-state index in [1.54, 1.807) is 24.3 Å². The zero-order valence-electron chi connectivity index (χ0n) is 16.1. The molecular formula is C21H22ClFN4O3. The maximum absolute atomic E-state index is 13.2. The number of aromatic nitrogens is 2. The fourth-order valence-corrected chi connectivity index (χ4v) is 3.17. The minimum absolute atomic E-state index is 0.0465. The highest BCUT2D eigenvalue weighted by molar-refractivity contribution is 6.30. The first-order valence-electron chi connectivity index (χ1n) is 9.54. The van der Waals surface area contributed by atoms with Crippen LogP contribution in [-0.4, -0.2) is 46.1 Å². The maximum Gasteiger partial charge on any atom is 0.268 e. The Morgan fingerprint density at radius 2 is 1.97 bits per heavy atom. The Bertz CT molecular complexity index is 1020. The normalized spacial score (nSPS) is 12.0. The molecule has 0 unspecified atom stereocenters. The molecule has 3 aromatic rings. The van der Waals surface area contributed by atoms with E-state index in [1.165, 1.54) is 18.3 Å². The minimum atomic E-state index is -0.856. The molecule has 0 bridgehead atoms. The molecule has 0 fully saturated rings. The number of aliphatic hydroxyl groups excluding tert-OH is 1. The highest BCUT2D eigenvalue weighted by atomic mass is 35.5. The van der Waals surface area contributed by atoms with E-state index in [9.17, 15) is 14.0 Å². The summed E-state index contributed by atoms with van der Waals surface area (Å²) in [6.45, 7) is 0.427. The monoisotopic (exact) mass is 432 g/mol. The second-order valence-corrected chi connectivity index (χ2v) is 7.24. The summed E-state index contributed by atoms with van der Waals surface area (Å²) in [6.07, 6.45) is 2.92. The predicted octanol–water partition coefficient (Wildman–Crippen LogP) is 2.59. The van der Waals surface area contributed by atoms with Crippen LogP contribution in [0.15, 0.2) is 42.6 Å². The van der Waals surface area contributed by atoms with E-state index in [0.717, 1.165) is 5.39 Å². The number of H-pyrrole nitrogens is 1. The predicted molar refractivity (Wildman–Crippen MR) is 112 cm³/mol. The van der Waals surface area contributed by atoms with E-state index in [-0.39, 0.29) is 30.4 Å².